The van der Waals surface area contributed by atoms with Crippen LogP contribution in [-0.2, 0) is 0 Å². The van der Waals surface area contributed by atoms with Gasteiger partial charge in [-0.2, -0.15) is 0 Å². The van der Waals surface area contributed by atoms with E-state index in [1.807, 2.05) is 26.0 Å². The van der Waals surface area contributed by atoms with Gasteiger partial charge in [0, 0.05) is 24.1 Å². The molecule has 1 amide bonds. The maximum atomic E-state index is 12.5. The van der Waals surface area contributed by atoms with E-state index in [2.05, 4.69) is 26.7 Å². The number of aryl methyl sites for hydroxylation is 2. The van der Waals surface area contributed by atoms with Crippen LogP contribution >= 0.6 is 0 Å². The van der Waals surface area contributed by atoms with Gasteiger partial charge in [-0.05, 0) is 49.2 Å². The summed E-state index contributed by atoms with van der Waals surface area (Å²) in [6.45, 7) is 4.05. The van der Waals surface area contributed by atoms with Crippen molar-refractivity contribution in [1.29, 1.82) is 0 Å². The van der Waals surface area contributed by atoms with Gasteiger partial charge in [-0.3, -0.25) is 4.79 Å². The van der Waals surface area contributed by atoms with Crippen LogP contribution < -0.4 is 20.1 Å². The molecule has 0 fully saturated rings. The van der Waals surface area contributed by atoms with Crippen molar-refractivity contribution >= 4 is 23.2 Å². The molecule has 0 aliphatic rings. The number of hydrogen-bond donors (Lipinski definition) is 2. The highest BCUT2D eigenvalue weighted by molar-refractivity contribution is 6.04. The van der Waals surface area contributed by atoms with Crippen molar-refractivity contribution in [2.24, 2.45) is 0 Å². The first-order valence-electron chi connectivity index (χ1n) is 8.69. The molecule has 7 nitrogen and oxygen atoms in total. The summed E-state index contributed by atoms with van der Waals surface area (Å²) < 4.78 is 10.5. The average Bonchev–Trinajstić information content (AvgIpc) is 2.67. The van der Waals surface area contributed by atoms with Gasteiger partial charge in [-0.15, -0.1) is 0 Å². The van der Waals surface area contributed by atoms with Gasteiger partial charge in [0.2, 0.25) is 5.95 Å². The lowest BCUT2D eigenvalue weighted by atomic mass is 10.1. The number of hydrogen-bond acceptors (Lipinski definition) is 6. The minimum Gasteiger partial charge on any atom is -0.497 e. The summed E-state index contributed by atoms with van der Waals surface area (Å²) in [7, 11) is 3.09. The highest BCUT2D eigenvalue weighted by Crippen LogP contribution is 2.29. The molecule has 0 atom stereocenters. The van der Waals surface area contributed by atoms with E-state index in [0.29, 0.717) is 28.7 Å². The smallest absolute Gasteiger partial charge is 0.258 e. The molecular weight excluding hydrogens is 356 g/mol. The van der Waals surface area contributed by atoms with Crippen LogP contribution in [0.2, 0.25) is 0 Å². The summed E-state index contributed by atoms with van der Waals surface area (Å²) in [5, 5.41) is 5.94. The van der Waals surface area contributed by atoms with E-state index in [4.69, 9.17) is 9.47 Å². The summed E-state index contributed by atoms with van der Waals surface area (Å²) in [4.78, 5) is 21.0. The number of aromatic nitrogens is 2. The van der Waals surface area contributed by atoms with Gasteiger partial charge < -0.3 is 20.1 Å². The second-order valence-corrected chi connectivity index (χ2v) is 6.32. The minimum atomic E-state index is -0.343. The van der Waals surface area contributed by atoms with E-state index in [0.717, 1.165) is 16.8 Å². The Morgan fingerprint density at radius 2 is 1.61 bits per heavy atom. The number of methoxy groups -OCH3 is 2. The maximum absolute atomic E-state index is 12.5. The number of nitrogens with one attached hydrogen (secondary N) is 2. The molecule has 7 heteroatoms. The van der Waals surface area contributed by atoms with Crippen molar-refractivity contribution in [3.05, 3.63) is 65.5 Å². The molecule has 0 saturated heterocycles. The SMILES string of the molecule is COc1ccc(OC)c(NC(=O)c2cnc(Nc3cc(C)cc(C)c3)nc2)c1. The third kappa shape index (κ3) is 4.56. The number of ether oxygens (including phenoxy) is 2. The Morgan fingerprint density at radius 3 is 2.21 bits per heavy atom. The van der Waals surface area contributed by atoms with Crippen molar-refractivity contribution in [2.75, 3.05) is 24.9 Å². The number of carbonyl (C=O) groups is 1. The monoisotopic (exact) mass is 378 g/mol. The van der Waals surface area contributed by atoms with Gasteiger partial charge in [0.05, 0.1) is 25.5 Å². The zero-order valence-corrected chi connectivity index (χ0v) is 16.2. The van der Waals surface area contributed by atoms with E-state index >= 15 is 0 Å². The molecule has 2 aromatic carbocycles. The normalized spacial score (nSPS) is 10.3. The van der Waals surface area contributed by atoms with Gasteiger partial charge in [0.25, 0.3) is 5.91 Å². The lowest BCUT2D eigenvalue weighted by Gasteiger charge is -2.12. The van der Waals surface area contributed by atoms with E-state index in [1.165, 1.54) is 19.5 Å². The highest BCUT2D eigenvalue weighted by atomic mass is 16.5. The Hall–Kier alpha value is -3.61. The predicted octanol–water partition coefficient (Wildman–Crippen LogP) is 4.11. The molecule has 0 aliphatic carbocycles. The topological polar surface area (TPSA) is 85.4 Å². The molecule has 3 aromatic rings. The zero-order valence-electron chi connectivity index (χ0n) is 16.2. The molecular formula is C21H22N4O3. The molecule has 0 bridgehead atoms. The summed E-state index contributed by atoms with van der Waals surface area (Å²) in [5.41, 5.74) is 4.02. The third-order valence-electron chi connectivity index (χ3n) is 4.05. The van der Waals surface area contributed by atoms with Gasteiger partial charge in [-0.1, -0.05) is 6.07 Å². The summed E-state index contributed by atoms with van der Waals surface area (Å²) >= 11 is 0. The van der Waals surface area contributed by atoms with Crippen molar-refractivity contribution in [2.45, 2.75) is 13.8 Å². The Kier molecular flexibility index (Phi) is 5.74. The number of amides is 1. The van der Waals surface area contributed by atoms with Gasteiger partial charge in [-0.25, -0.2) is 9.97 Å². The van der Waals surface area contributed by atoms with Gasteiger partial charge in [0.1, 0.15) is 11.5 Å². The summed E-state index contributed by atoms with van der Waals surface area (Å²) in [6, 6.07) is 11.3. The number of nitrogens with zero attached hydrogens (tertiary/aromatic N) is 2. The zero-order chi connectivity index (χ0) is 20.1. The first-order chi connectivity index (χ1) is 13.5. The van der Waals surface area contributed by atoms with Crippen LogP contribution in [0.4, 0.5) is 17.3 Å². The molecule has 0 spiro atoms. The minimum absolute atomic E-state index is 0.329. The largest absolute Gasteiger partial charge is 0.497 e. The molecule has 2 N–H and O–H groups in total. The lowest BCUT2D eigenvalue weighted by molar-refractivity contribution is 0.102. The molecule has 1 aromatic heterocycles. The highest BCUT2D eigenvalue weighted by Gasteiger charge is 2.12. The van der Waals surface area contributed by atoms with Gasteiger partial charge in [0.15, 0.2) is 0 Å². The van der Waals surface area contributed by atoms with Crippen molar-refractivity contribution in [3.8, 4) is 11.5 Å². The molecule has 0 aliphatic heterocycles. The van der Waals surface area contributed by atoms with E-state index in [9.17, 15) is 4.79 Å². The molecule has 3 rings (SSSR count). The average molecular weight is 378 g/mol. The van der Waals surface area contributed by atoms with Crippen LogP contribution in [0.25, 0.3) is 0 Å². The van der Waals surface area contributed by atoms with Crippen molar-refractivity contribution in [1.82, 2.24) is 9.97 Å². The van der Waals surface area contributed by atoms with Crippen LogP contribution in [0.1, 0.15) is 21.5 Å². The van der Waals surface area contributed by atoms with E-state index in [-0.39, 0.29) is 5.91 Å². The lowest BCUT2D eigenvalue weighted by Crippen LogP contribution is -2.14. The number of rotatable bonds is 6. The Balaban J connectivity index is 1.73. The first kappa shape index (κ1) is 19.2. The fourth-order valence-electron chi connectivity index (χ4n) is 2.79. The van der Waals surface area contributed by atoms with Crippen LogP contribution in [-0.4, -0.2) is 30.1 Å². The number of carbonyl (C=O) groups excluding carboxylic acids is 1. The van der Waals surface area contributed by atoms with Gasteiger partial charge >= 0.3 is 0 Å². The molecule has 1 heterocycles. The fraction of sp³-hybridized carbons (Fsp3) is 0.190. The summed E-state index contributed by atoms with van der Waals surface area (Å²) in [5.74, 6) is 1.22. The second kappa shape index (κ2) is 8.39. The second-order valence-electron chi connectivity index (χ2n) is 6.32. The standard InChI is InChI=1S/C21H22N4O3/c1-13-7-14(2)9-16(8-13)24-21-22-11-15(12-23-21)20(26)25-18-10-17(27-3)5-6-19(18)28-4/h5-12H,1-4H3,(H,25,26)(H,22,23,24). The number of anilines is 3. The predicted molar refractivity (Wildman–Crippen MR) is 109 cm³/mol. The molecule has 0 radical (unpaired) electrons. The molecule has 144 valence electrons. The van der Waals surface area contributed by atoms with Crippen LogP contribution in [0, 0.1) is 13.8 Å². The number of benzene rings is 2. The van der Waals surface area contributed by atoms with Crippen molar-refractivity contribution < 1.29 is 14.3 Å². The Labute approximate surface area is 163 Å². The molecule has 0 unspecified atom stereocenters. The molecule has 28 heavy (non-hydrogen) atoms. The van der Waals surface area contributed by atoms with Crippen LogP contribution in [0.15, 0.2) is 48.8 Å². The Morgan fingerprint density at radius 1 is 0.929 bits per heavy atom. The third-order valence-corrected chi connectivity index (χ3v) is 4.05. The van der Waals surface area contributed by atoms with E-state index in [1.54, 1.807) is 25.3 Å². The fourth-order valence-corrected chi connectivity index (χ4v) is 2.79. The first-order valence-corrected chi connectivity index (χ1v) is 8.69. The van der Waals surface area contributed by atoms with E-state index < -0.39 is 0 Å². The molecule has 0 saturated carbocycles. The van der Waals surface area contributed by atoms with Crippen molar-refractivity contribution in [3.63, 3.8) is 0 Å². The van der Waals surface area contributed by atoms with Crippen LogP contribution in [0.3, 0.4) is 0 Å². The Bertz CT molecular complexity index is 967. The maximum Gasteiger partial charge on any atom is 0.258 e. The summed E-state index contributed by atoms with van der Waals surface area (Å²) in [6.07, 6.45) is 2.94. The quantitative estimate of drug-likeness (QED) is 0.671. The van der Waals surface area contributed by atoms with Crippen LogP contribution in [0.5, 0.6) is 11.5 Å².